The minimum absolute atomic E-state index is 0.150. The van der Waals surface area contributed by atoms with E-state index in [2.05, 4.69) is 48.5 Å². The highest BCUT2D eigenvalue weighted by Crippen LogP contribution is 2.10. The van der Waals surface area contributed by atoms with E-state index in [-0.39, 0.29) is 11.9 Å². The molecule has 126 valence electrons. The number of carbonyl (C=O) groups excluding carboxylic acids is 1. The Bertz CT molecular complexity index is 566. The lowest BCUT2D eigenvalue weighted by atomic mass is 10.1. The van der Waals surface area contributed by atoms with Crippen molar-refractivity contribution in [1.29, 1.82) is 0 Å². The van der Waals surface area contributed by atoms with Gasteiger partial charge in [0.1, 0.15) is 5.76 Å². The minimum Gasteiger partial charge on any atom is -0.445 e. The largest absolute Gasteiger partial charge is 0.445 e. The van der Waals surface area contributed by atoms with Crippen LogP contribution < -0.4 is 5.32 Å². The molecule has 1 unspecified atom stereocenters. The number of carbonyl (C=O) groups is 1. The average molecular weight is 316 g/mol. The normalized spacial score (nSPS) is 14.2. The molecule has 0 spiro atoms. The minimum atomic E-state index is -0.150. The van der Waals surface area contributed by atoms with E-state index in [1.165, 1.54) is 0 Å². The van der Waals surface area contributed by atoms with Crippen LogP contribution in [0.4, 0.5) is 0 Å². The smallest absolute Gasteiger partial charge is 0.273 e. The van der Waals surface area contributed by atoms with E-state index in [4.69, 9.17) is 4.42 Å². The lowest BCUT2D eigenvalue weighted by Gasteiger charge is -2.14. The van der Waals surface area contributed by atoms with Crippen molar-refractivity contribution in [1.82, 2.24) is 10.3 Å². The second-order valence-electron chi connectivity index (χ2n) is 6.12. The van der Waals surface area contributed by atoms with E-state index in [0.29, 0.717) is 23.3 Å². The van der Waals surface area contributed by atoms with Gasteiger partial charge in [-0.2, -0.15) is 0 Å². The van der Waals surface area contributed by atoms with Crippen molar-refractivity contribution < 1.29 is 9.21 Å². The fourth-order valence-corrected chi connectivity index (χ4v) is 2.32. The van der Waals surface area contributed by atoms with Crippen molar-refractivity contribution in [2.45, 2.75) is 53.5 Å². The third kappa shape index (κ3) is 7.63. The topological polar surface area (TPSA) is 55.1 Å². The van der Waals surface area contributed by atoms with Gasteiger partial charge in [-0.15, -0.1) is 0 Å². The van der Waals surface area contributed by atoms with Gasteiger partial charge in [-0.05, 0) is 32.6 Å². The van der Waals surface area contributed by atoms with E-state index in [0.717, 1.165) is 12.8 Å². The van der Waals surface area contributed by atoms with Gasteiger partial charge in [0.2, 0.25) is 0 Å². The van der Waals surface area contributed by atoms with E-state index in [1.54, 1.807) is 13.8 Å². The zero-order valence-electron chi connectivity index (χ0n) is 14.8. The van der Waals surface area contributed by atoms with Crippen LogP contribution in [-0.2, 0) is 0 Å². The molecule has 1 aliphatic rings. The van der Waals surface area contributed by atoms with Crippen LogP contribution in [0.5, 0.6) is 0 Å². The van der Waals surface area contributed by atoms with Gasteiger partial charge in [0.15, 0.2) is 11.6 Å². The van der Waals surface area contributed by atoms with E-state index < -0.39 is 0 Å². The summed E-state index contributed by atoms with van der Waals surface area (Å²) in [7, 11) is 0. The summed E-state index contributed by atoms with van der Waals surface area (Å²) in [4.78, 5) is 15.9. The molecule has 0 saturated carbocycles. The Morgan fingerprint density at radius 2 is 1.78 bits per heavy atom. The van der Waals surface area contributed by atoms with Gasteiger partial charge >= 0.3 is 0 Å². The molecule has 1 amide bonds. The first kappa shape index (κ1) is 18.9. The van der Waals surface area contributed by atoms with Crippen molar-refractivity contribution in [3.63, 3.8) is 0 Å². The Labute approximate surface area is 139 Å². The van der Waals surface area contributed by atoms with Gasteiger partial charge in [-0.25, -0.2) is 4.98 Å². The van der Waals surface area contributed by atoms with Gasteiger partial charge < -0.3 is 9.73 Å². The Morgan fingerprint density at radius 3 is 2.26 bits per heavy atom. The summed E-state index contributed by atoms with van der Waals surface area (Å²) >= 11 is 0. The number of nitrogens with zero attached hydrogens (tertiary/aromatic N) is 1. The quantitative estimate of drug-likeness (QED) is 0.889. The summed E-state index contributed by atoms with van der Waals surface area (Å²) in [5, 5.41) is 2.92. The molecule has 4 heteroatoms. The van der Waals surface area contributed by atoms with Gasteiger partial charge in [0, 0.05) is 13.0 Å². The molecule has 4 nitrogen and oxygen atoms in total. The van der Waals surface area contributed by atoms with Crippen LogP contribution in [0.2, 0.25) is 0 Å². The van der Waals surface area contributed by atoms with Gasteiger partial charge in [-0.1, -0.05) is 50.3 Å². The molecular weight excluding hydrogens is 288 g/mol. The lowest BCUT2D eigenvalue weighted by Crippen LogP contribution is -2.34. The van der Waals surface area contributed by atoms with E-state index >= 15 is 0 Å². The molecule has 0 aromatic carbocycles. The predicted molar refractivity (Wildman–Crippen MR) is 94.4 cm³/mol. The molecule has 0 aliphatic heterocycles. The maximum absolute atomic E-state index is 11.8. The third-order valence-electron chi connectivity index (χ3n) is 3.20. The number of hydrogen-bond donors (Lipinski definition) is 1. The van der Waals surface area contributed by atoms with Gasteiger partial charge in [-0.3, -0.25) is 4.79 Å². The maximum atomic E-state index is 11.8. The molecule has 0 radical (unpaired) electrons. The summed E-state index contributed by atoms with van der Waals surface area (Å²) < 4.78 is 5.23. The van der Waals surface area contributed by atoms with Crippen LogP contribution in [0.3, 0.4) is 0 Å². The number of aryl methyl sites for hydroxylation is 2. The zero-order chi connectivity index (χ0) is 17.2. The summed E-state index contributed by atoms with van der Waals surface area (Å²) in [6.07, 6.45) is 14.5. The van der Waals surface area contributed by atoms with Gasteiger partial charge in [0.25, 0.3) is 5.91 Å². The van der Waals surface area contributed by atoms with Crippen LogP contribution in [0, 0.1) is 19.8 Å². The summed E-state index contributed by atoms with van der Waals surface area (Å²) in [5.41, 5.74) is 0.396. The summed E-state index contributed by atoms with van der Waals surface area (Å²) in [6.45, 7) is 9.76. The van der Waals surface area contributed by atoms with Crippen LogP contribution in [0.25, 0.3) is 0 Å². The van der Waals surface area contributed by atoms with Gasteiger partial charge in [0.05, 0.1) is 0 Å². The molecule has 0 fully saturated rings. The average Bonchev–Trinajstić information content (AvgIpc) is 2.69. The van der Waals surface area contributed by atoms with Crippen molar-refractivity contribution >= 4 is 5.91 Å². The highest BCUT2D eigenvalue weighted by Gasteiger charge is 2.17. The van der Waals surface area contributed by atoms with E-state index in [1.807, 2.05) is 19.1 Å². The van der Waals surface area contributed by atoms with Crippen LogP contribution in [0.15, 0.2) is 40.9 Å². The van der Waals surface area contributed by atoms with Crippen LogP contribution in [0.1, 0.15) is 55.8 Å². The molecule has 1 aromatic rings. The summed E-state index contributed by atoms with van der Waals surface area (Å²) in [6, 6.07) is 0.156. The molecular formula is C19H28N2O2. The number of nitrogens with one attached hydrogen (secondary N) is 1. The summed E-state index contributed by atoms with van der Waals surface area (Å²) in [5.74, 6) is 1.52. The number of oxazole rings is 1. The molecule has 1 aromatic heterocycles. The third-order valence-corrected chi connectivity index (χ3v) is 3.20. The fraction of sp³-hybridized carbons (Fsp3) is 0.474. The molecule has 1 N–H and O–H groups in total. The van der Waals surface area contributed by atoms with Crippen molar-refractivity contribution in [3.8, 4) is 0 Å². The Balaban J connectivity index is 0.000000313. The Kier molecular flexibility index (Phi) is 8.09. The standard InChI is InChI=1S/C12H20N2O2.C7H8/c1-7(2)6-8(3)13-12(15)11-9(4)16-10(5)14-11;1-2-4-6-7-5-3-1/h7-8H,6H2,1-5H3,(H,13,15);1-6H,7H2. The number of rotatable bonds is 4. The second kappa shape index (κ2) is 9.82. The highest BCUT2D eigenvalue weighted by atomic mass is 16.4. The molecule has 1 atom stereocenters. The SMILES string of the molecule is C1=CC=CCC=C1.Cc1nc(C(=O)NC(C)CC(C)C)c(C)o1. The molecule has 0 bridgehead atoms. The predicted octanol–water partition coefficient (Wildman–Crippen LogP) is 4.51. The second-order valence-corrected chi connectivity index (χ2v) is 6.12. The highest BCUT2D eigenvalue weighted by molar-refractivity contribution is 5.93. The first-order chi connectivity index (χ1) is 10.9. The molecule has 23 heavy (non-hydrogen) atoms. The Morgan fingerprint density at radius 1 is 1.17 bits per heavy atom. The molecule has 1 aliphatic carbocycles. The van der Waals surface area contributed by atoms with Crippen molar-refractivity contribution in [2.24, 2.45) is 5.92 Å². The Hall–Kier alpha value is -2.10. The maximum Gasteiger partial charge on any atom is 0.273 e. The molecule has 0 saturated heterocycles. The molecule has 1 heterocycles. The zero-order valence-corrected chi connectivity index (χ0v) is 14.8. The first-order valence-corrected chi connectivity index (χ1v) is 8.13. The monoisotopic (exact) mass is 316 g/mol. The number of aromatic nitrogens is 1. The fourth-order valence-electron chi connectivity index (χ4n) is 2.32. The number of amides is 1. The van der Waals surface area contributed by atoms with Crippen LogP contribution in [-0.4, -0.2) is 16.9 Å². The number of hydrogen-bond acceptors (Lipinski definition) is 3. The van der Waals surface area contributed by atoms with Crippen molar-refractivity contribution in [3.05, 3.63) is 53.8 Å². The van der Waals surface area contributed by atoms with Crippen molar-refractivity contribution in [2.75, 3.05) is 0 Å². The lowest BCUT2D eigenvalue weighted by molar-refractivity contribution is 0.0930. The first-order valence-electron chi connectivity index (χ1n) is 8.13. The van der Waals surface area contributed by atoms with Crippen LogP contribution >= 0.6 is 0 Å². The number of allylic oxidation sites excluding steroid dienone is 6. The van der Waals surface area contributed by atoms with E-state index in [9.17, 15) is 4.79 Å². The molecule has 2 rings (SSSR count).